The highest BCUT2D eigenvalue weighted by Gasteiger charge is 2.27. The van der Waals surface area contributed by atoms with Crippen molar-refractivity contribution in [3.63, 3.8) is 0 Å². The number of carboxylic acid groups (broad SMARTS) is 2. The van der Waals surface area contributed by atoms with E-state index < -0.39 is 88.8 Å². The van der Waals surface area contributed by atoms with Gasteiger partial charge in [-0.1, -0.05) is 10.8 Å². The van der Waals surface area contributed by atoms with Crippen molar-refractivity contribution in [2.45, 2.75) is 50.0 Å². The normalized spacial score (nSPS) is 14.1. The van der Waals surface area contributed by atoms with Gasteiger partial charge in [-0.15, -0.1) is 0 Å². The molecule has 0 aliphatic rings. The second-order valence-corrected chi connectivity index (χ2v) is 11.2. The highest BCUT2D eigenvalue weighted by atomic mass is 33.1. The molecule has 21 heteroatoms. The van der Waals surface area contributed by atoms with E-state index in [0.29, 0.717) is 10.8 Å². The molecule has 0 aromatic carbocycles. The lowest BCUT2D eigenvalue weighted by Gasteiger charge is -2.20. The van der Waals surface area contributed by atoms with Gasteiger partial charge in [0.15, 0.2) is 13.0 Å². The van der Waals surface area contributed by atoms with Crippen LogP contribution in [0.25, 0.3) is 0 Å². The number of nitrogens with one attached hydrogen (secondary N) is 4. The molecule has 5 atom stereocenters. The molecule has 0 heterocycles. The largest absolute Gasteiger partial charge is 0.480 e. The van der Waals surface area contributed by atoms with Crippen LogP contribution >= 0.6 is 10.8 Å². The molecule has 0 aromatic heterocycles. The smallest absolute Gasteiger partial charge is 0.322 e. The summed E-state index contributed by atoms with van der Waals surface area (Å²) in [5.41, 5.74) is 10.8. The molecular weight excluding hydrogens is 596 g/mol. The van der Waals surface area contributed by atoms with Crippen molar-refractivity contribution in [2.24, 2.45) is 11.5 Å². The summed E-state index contributed by atoms with van der Waals surface area (Å²) >= 11 is 0. The number of carboxylic acids is 2. The minimum Gasteiger partial charge on any atom is -0.480 e. The average Bonchev–Trinajstić information content (AvgIpc) is 2.91. The number of aliphatic carboxylic acids is 2. The van der Waals surface area contributed by atoms with Crippen molar-refractivity contribution in [3.05, 3.63) is 0 Å². The number of hydrogen-bond acceptors (Lipinski definition) is 14. The SMILES string of the molecule is NC(CCC(=O)NC(CSS(=O)CC(NC(=O)CCC(N)C(=O)O)C(=O)NCOC=O)C(=O)NCC(=O)O)OC=O. The summed E-state index contributed by atoms with van der Waals surface area (Å²) in [6.07, 6.45) is -2.13. The molecule has 41 heavy (non-hydrogen) atoms. The van der Waals surface area contributed by atoms with E-state index in [0.717, 1.165) is 0 Å². The summed E-state index contributed by atoms with van der Waals surface area (Å²) in [7, 11) is -1.43. The minimum absolute atomic E-state index is 0.0436. The number of carbonyl (C=O) groups is 8. The van der Waals surface area contributed by atoms with Gasteiger partial charge in [-0.25, -0.2) is 4.21 Å². The third-order valence-corrected chi connectivity index (χ3v) is 7.61. The van der Waals surface area contributed by atoms with Gasteiger partial charge in [0.05, 0.1) is 15.6 Å². The zero-order valence-electron chi connectivity index (χ0n) is 21.5. The number of nitrogens with two attached hydrogens (primary N) is 2. The summed E-state index contributed by atoms with van der Waals surface area (Å²) in [6.45, 7) is -1.22. The molecule has 0 spiro atoms. The lowest BCUT2D eigenvalue weighted by Crippen LogP contribution is -2.51. The summed E-state index contributed by atoms with van der Waals surface area (Å²) < 4.78 is 21.5. The van der Waals surface area contributed by atoms with Crippen LogP contribution < -0.4 is 32.7 Å². The molecule has 0 aromatic rings. The van der Waals surface area contributed by atoms with Crippen LogP contribution in [0.1, 0.15) is 25.7 Å². The van der Waals surface area contributed by atoms with E-state index in [1.807, 2.05) is 0 Å². The lowest BCUT2D eigenvalue weighted by atomic mass is 10.1. The second-order valence-electron chi connectivity index (χ2n) is 7.85. The molecule has 0 fully saturated rings. The number of hydrogen-bond donors (Lipinski definition) is 8. The summed E-state index contributed by atoms with van der Waals surface area (Å²) in [5.74, 6) is -6.98. The summed E-state index contributed by atoms with van der Waals surface area (Å²) in [6, 6.07) is -4.19. The van der Waals surface area contributed by atoms with Gasteiger partial charge in [0.25, 0.3) is 12.9 Å². The maximum atomic E-state index is 12.7. The molecule has 0 saturated carbocycles. The number of amides is 4. The van der Waals surface area contributed by atoms with E-state index >= 15 is 0 Å². The molecule has 0 bridgehead atoms. The van der Waals surface area contributed by atoms with Crippen molar-refractivity contribution in [2.75, 3.05) is 24.8 Å². The van der Waals surface area contributed by atoms with Gasteiger partial charge in [0.2, 0.25) is 23.6 Å². The Balaban J connectivity index is 5.34. The Morgan fingerprint density at radius 1 is 0.878 bits per heavy atom. The second kappa shape index (κ2) is 21.0. The highest BCUT2D eigenvalue weighted by molar-refractivity contribution is 8.69. The fourth-order valence-electron chi connectivity index (χ4n) is 2.61. The Bertz CT molecular complexity index is 970. The first kappa shape index (κ1) is 37.2. The van der Waals surface area contributed by atoms with Gasteiger partial charge in [-0.3, -0.25) is 44.1 Å². The molecule has 0 aliphatic heterocycles. The van der Waals surface area contributed by atoms with E-state index in [9.17, 15) is 42.6 Å². The number of ether oxygens (including phenoxy) is 2. The molecule has 232 valence electrons. The van der Waals surface area contributed by atoms with E-state index in [2.05, 4.69) is 30.7 Å². The Labute approximate surface area is 239 Å². The Hall–Kier alpha value is -3.82. The standard InChI is InChI=1S/C20H32N6O13S2/c21-11(20(35)36)1-3-15(29)26-13(19(34)24-8-38-9-27)7-41(37)40-6-12(18(33)23-5-17(31)32)25-16(30)4-2-14(22)39-10-28/h9-14H,1-8,21-22H2,(H,23,33)(H,24,34)(H,25,30)(H,26,29)(H,31,32)(H,35,36). The number of rotatable bonds is 23. The van der Waals surface area contributed by atoms with Crippen LogP contribution in [-0.2, 0) is 57.7 Å². The van der Waals surface area contributed by atoms with E-state index in [1.54, 1.807) is 0 Å². The van der Waals surface area contributed by atoms with Crippen molar-refractivity contribution in [3.8, 4) is 0 Å². The predicted molar refractivity (Wildman–Crippen MR) is 139 cm³/mol. The Kier molecular flexibility index (Phi) is 19.0. The van der Waals surface area contributed by atoms with E-state index in [-0.39, 0.29) is 44.4 Å². The first-order valence-electron chi connectivity index (χ1n) is 11.6. The Morgan fingerprint density at radius 3 is 2.02 bits per heavy atom. The van der Waals surface area contributed by atoms with Crippen molar-refractivity contribution < 1.29 is 62.3 Å². The topological polar surface area (TPSA) is 313 Å². The van der Waals surface area contributed by atoms with Crippen molar-refractivity contribution in [1.82, 2.24) is 21.3 Å². The fourth-order valence-corrected chi connectivity index (χ4v) is 5.29. The predicted octanol–water partition coefficient (Wildman–Crippen LogP) is -4.77. The molecule has 10 N–H and O–H groups in total. The molecule has 0 rings (SSSR count). The summed E-state index contributed by atoms with van der Waals surface area (Å²) in [4.78, 5) is 91.6. The van der Waals surface area contributed by atoms with Crippen LogP contribution in [-0.4, -0.2) is 112 Å². The van der Waals surface area contributed by atoms with Gasteiger partial charge in [-0.2, -0.15) is 0 Å². The van der Waals surface area contributed by atoms with Crippen LogP contribution in [0.4, 0.5) is 0 Å². The van der Waals surface area contributed by atoms with E-state index in [1.165, 1.54) is 0 Å². The van der Waals surface area contributed by atoms with E-state index in [4.69, 9.17) is 21.7 Å². The molecule has 0 aliphatic carbocycles. The van der Waals surface area contributed by atoms with Gasteiger partial charge < -0.3 is 46.7 Å². The van der Waals surface area contributed by atoms with Gasteiger partial charge >= 0.3 is 11.9 Å². The van der Waals surface area contributed by atoms with Crippen molar-refractivity contribution in [1.29, 1.82) is 0 Å². The minimum atomic E-state index is -2.01. The van der Waals surface area contributed by atoms with Crippen LogP contribution in [0.3, 0.4) is 0 Å². The first-order chi connectivity index (χ1) is 19.3. The summed E-state index contributed by atoms with van der Waals surface area (Å²) in [5, 5.41) is 26.4. The average molecular weight is 629 g/mol. The lowest BCUT2D eigenvalue weighted by molar-refractivity contribution is -0.139. The highest BCUT2D eigenvalue weighted by Crippen LogP contribution is 2.12. The third kappa shape index (κ3) is 18.2. The number of carbonyl (C=O) groups excluding carboxylic acids is 6. The van der Waals surface area contributed by atoms with Gasteiger partial charge in [-0.05, 0) is 6.42 Å². The monoisotopic (exact) mass is 628 g/mol. The molecule has 0 radical (unpaired) electrons. The molecular formula is C20H32N6O13S2. The van der Waals surface area contributed by atoms with Crippen LogP contribution in [0.2, 0.25) is 0 Å². The van der Waals surface area contributed by atoms with Crippen molar-refractivity contribution >= 4 is 69.1 Å². The molecule has 0 saturated heterocycles. The zero-order chi connectivity index (χ0) is 31.4. The maximum absolute atomic E-state index is 12.7. The van der Waals surface area contributed by atoms with Crippen LogP contribution in [0.15, 0.2) is 0 Å². The quantitative estimate of drug-likeness (QED) is 0.0228. The molecule has 4 amide bonds. The van der Waals surface area contributed by atoms with Crippen LogP contribution in [0.5, 0.6) is 0 Å². The third-order valence-electron chi connectivity index (χ3n) is 4.67. The van der Waals surface area contributed by atoms with Gasteiger partial charge in [0.1, 0.15) is 24.7 Å². The molecule has 5 unspecified atom stereocenters. The fraction of sp³-hybridized carbons (Fsp3) is 0.600. The zero-order valence-corrected chi connectivity index (χ0v) is 23.1. The van der Waals surface area contributed by atoms with Gasteiger partial charge in [0, 0.05) is 25.0 Å². The maximum Gasteiger partial charge on any atom is 0.322 e. The first-order valence-corrected chi connectivity index (χ1v) is 14.4. The van der Waals surface area contributed by atoms with Crippen LogP contribution in [0, 0.1) is 0 Å². The Morgan fingerprint density at radius 2 is 1.46 bits per heavy atom. The molecule has 19 nitrogen and oxygen atoms in total.